The van der Waals surface area contributed by atoms with Crippen molar-refractivity contribution in [3.63, 3.8) is 0 Å². The number of nitrogens with one attached hydrogen (secondary N) is 1. The lowest BCUT2D eigenvalue weighted by molar-refractivity contribution is -0.0450. The molecule has 0 saturated heterocycles. The van der Waals surface area contributed by atoms with Gasteiger partial charge in [0.15, 0.2) is 5.25 Å². The molecule has 2 N–H and O–H groups in total. The summed E-state index contributed by atoms with van der Waals surface area (Å²) in [6, 6.07) is 8.31. The van der Waals surface area contributed by atoms with Gasteiger partial charge in [0.05, 0.1) is 0 Å². The zero-order chi connectivity index (χ0) is 19.5. The molecule has 0 fully saturated rings. The predicted molar refractivity (Wildman–Crippen MR) is 91.5 cm³/mol. The van der Waals surface area contributed by atoms with Gasteiger partial charge in [-0.05, 0) is 25.3 Å². The number of benzene rings is 1. The Morgan fingerprint density at radius 3 is 2.04 bits per heavy atom. The molecule has 0 saturated carbocycles. The molecule has 1 rings (SSSR count). The van der Waals surface area contributed by atoms with Crippen LogP contribution in [-0.2, 0) is 26.7 Å². The minimum atomic E-state index is -5.14. The third-order valence-corrected chi connectivity index (χ3v) is 8.04. The second-order valence-corrected chi connectivity index (χ2v) is 9.72. The van der Waals surface area contributed by atoms with E-state index in [4.69, 9.17) is 4.55 Å². The van der Waals surface area contributed by atoms with E-state index in [0.29, 0.717) is 5.56 Å². The van der Waals surface area contributed by atoms with E-state index >= 15 is 0 Å². The van der Waals surface area contributed by atoms with Crippen molar-refractivity contribution in [2.75, 3.05) is 0 Å². The average molecular weight is 399 g/mol. The smallest absolute Gasteiger partial charge is 0.285 e. The Bertz CT molecular complexity index is 781. The number of hydrogen-bond donors (Lipinski definition) is 2. The molecule has 0 bridgehead atoms. The molecule has 0 heterocycles. The summed E-state index contributed by atoms with van der Waals surface area (Å²) < 4.78 is 86.2. The van der Waals surface area contributed by atoms with Gasteiger partial charge in [-0.1, -0.05) is 44.2 Å². The van der Waals surface area contributed by atoms with Gasteiger partial charge < -0.3 is 0 Å². The van der Waals surface area contributed by atoms with Crippen molar-refractivity contribution >= 4 is 20.1 Å². The fourth-order valence-electron chi connectivity index (χ4n) is 2.53. The van der Waals surface area contributed by atoms with Crippen LogP contribution in [0, 0.1) is 0 Å². The molecule has 0 spiro atoms. The van der Waals surface area contributed by atoms with Gasteiger partial charge in [-0.2, -0.15) is 8.42 Å². The molecule has 1 aromatic carbocycles. The van der Waals surface area contributed by atoms with Gasteiger partial charge in [-0.3, -0.25) is 4.55 Å². The van der Waals surface area contributed by atoms with Crippen LogP contribution >= 0.6 is 0 Å². The van der Waals surface area contributed by atoms with E-state index < -0.39 is 48.9 Å². The van der Waals surface area contributed by atoms with Crippen LogP contribution in [0.25, 0.3) is 0 Å². The lowest BCUT2D eigenvalue weighted by Crippen LogP contribution is -2.61. The van der Waals surface area contributed by atoms with Gasteiger partial charge >= 0.3 is 0 Å². The van der Waals surface area contributed by atoms with Crippen LogP contribution in [0.15, 0.2) is 30.3 Å². The topological polar surface area (TPSA) is 101 Å². The molecule has 144 valence electrons. The van der Waals surface area contributed by atoms with Crippen LogP contribution < -0.4 is 4.72 Å². The van der Waals surface area contributed by atoms with Crippen molar-refractivity contribution < 1.29 is 30.2 Å². The second kappa shape index (κ2) is 7.65. The van der Waals surface area contributed by atoms with Crippen LogP contribution in [0.1, 0.15) is 39.2 Å². The molecule has 0 aliphatic carbocycles. The minimum absolute atomic E-state index is 0.211. The summed E-state index contributed by atoms with van der Waals surface area (Å²) in [7, 11) is -9.75. The summed E-state index contributed by atoms with van der Waals surface area (Å²) in [5, 5.41) is -2.52. The average Bonchev–Trinajstić information content (AvgIpc) is 2.51. The fraction of sp³-hybridized carbons (Fsp3) is 0.600. The van der Waals surface area contributed by atoms with Gasteiger partial charge in [0.2, 0.25) is 10.0 Å². The largest absolute Gasteiger partial charge is 0.287 e. The number of sulfonamides is 1. The Hall–Kier alpha value is -1.10. The Morgan fingerprint density at radius 2 is 1.64 bits per heavy atom. The highest BCUT2D eigenvalue weighted by molar-refractivity contribution is 7.91. The van der Waals surface area contributed by atoms with Crippen molar-refractivity contribution in [1.29, 1.82) is 0 Å². The molecule has 6 nitrogen and oxygen atoms in total. The van der Waals surface area contributed by atoms with E-state index in [1.165, 1.54) is 6.92 Å². The van der Waals surface area contributed by atoms with Gasteiger partial charge in [-0.25, -0.2) is 21.9 Å². The fourth-order valence-corrected chi connectivity index (χ4v) is 5.22. The number of halogens is 2. The van der Waals surface area contributed by atoms with Gasteiger partial charge in [0.1, 0.15) is 4.75 Å². The first-order valence-corrected chi connectivity index (χ1v) is 10.7. The summed E-state index contributed by atoms with van der Waals surface area (Å²) in [5.41, 5.74) is 0.565. The first-order chi connectivity index (χ1) is 11.3. The zero-order valence-electron chi connectivity index (χ0n) is 14.2. The van der Waals surface area contributed by atoms with Gasteiger partial charge in [-0.15, -0.1) is 0 Å². The monoisotopic (exact) mass is 399 g/mol. The first kappa shape index (κ1) is 21.9. The van der Waals surface area contributed by atoms with Gasteiger partial charge in [0, 0.05) is 6.54 Å². The van der Waals surface area contributed by atoms with Crippen molar-refractivity contribution in [3.8, 4) is 0 Å². The molecule has 1 aromatic rings. The highest BCUT2D eigenvalue weighted by atomic mass is 32.2. The first-order valence-electron chi connectivity index (χ1n) is 7.70. The summed E-state index contributed by atoms with van der Waals surface area (Å²) >= 11 is 0. The maximum absolute atomic E-state index is 14.9. The van der Waals surface area contributed by atoms with Crippen LogP contribution in [-0.4, -0.2) is 37.3 Å². The third kappa shape index (κ3) is 4.36. The zero-order valence-corrected chi connectivity index (χ0v) is 15.9. The van der Waals surface area contributed by atoms with Crippen molar-refractivity contribution in [2.45, 2.75) is 56.1 Å². The standard InChI is InChI=1S/C15H23F2NO5S2/c1-4-13(24(19,20)21)15(16,17)14(3,5-2)25(22,23)18-11-12-9-7-6-8-10-12/h6-10,13,18H,4-5,11H2,1-3H3,(H,19,20,21). The second-order valence-electron chi connectivity index (χ2n) is 5.93. The number of hydrogen-bond acceptors (Lipinski definition) is 4. The quantitative estimate of drug-likeness (QED) is 0.622. The minimum Gasteiger partial charge on any atom is -0.285 e. The summed E-state index contributed by atoms with van der Waals surface area (Å²) in [6.45, 7) is 2.95. The number of alkyl halides is 2. The molecular formula is C15H23F2NO5S2. The molecule has 2 atom stereocenters. The van der Waals surface area contributed by atoms with E-state index in [2.05, 4.69) is 4.72 Å². The molecule has 0 radical (unpaired) electrons. The molecule has 25 heavy (non-hydrogen) atoms. The van der Waals surface area contributed by atoms with E-state index in [1.54, 1.807) is 30.3 Å². The van der Waals surface area contributed by atoms with Crippen molar-refractivity contribution in [3.05, 3.63) is 35.9 Å². The maximum Gasteiger partial charge on any atom is 0.287 e. The summed E-state index contributed by atoms with van der Waals surface area (Å²) in [4.78, 5) is 0. The Morgan fingerprint density at radius 1 is 1.12 bits per heavy atom. The van der Waals surface area contributed by atoms with Crippen LogP contribution in [0.4, 0.5) is 8.78 Å². The van der Waals surface area contributed by atoms with E-state index in [9.17, 15) is 25.6 Å². The SMILES string of the molecule is CCC(C(F)(F)C(C)(CC)S(=O)(=O)NCc1ccccc1)S(=O)(=O)O. The maximum atomic E-state index is 14.9. The van der Waals surface area contributed by atoms with E-state index in [0.717, 1.165) is 13.8 Å². The molecule has 0 amide bonds. The lowest BCUT2D eigenvalue weighted by Gasteiger charge is -2.39. The van der Waals surface area contributed by atoms with Crippen LogP contribution in [0.3, 0.4) is 0 Å². The highest BCUT2D eigenvalue weighted by Gasteiger charge is 2.64. The van der Waals surface area contributed by atoms with Crippen molar-refractivity contribution in [1.82, 2.24) is 4.72 Å². The van der Waals surface area contributed by atoms with E-state index in [-0.39, 0.29) is 6.54 Å². The predicted octanol–water partition coefficient (Wildman–Crippen LogP) is 2.58. The van der Waals surface area contributed by atoms with Crippen LogP contribution in [0.2, 0.25) is 0 Å². The Balaban J connectivity index is 3.26. The number of rotatable bonds is 9. The normalized spacial score (nSPS) is 17.0. The van der Waals surface area contributed by atoms with Gasteiger partial charge in [0.25, 0.3) is 16.0 Å². The molecule has 0 aliphatic rings. The molecule has 0 aromatic heterocycles. The lowest BCUT2D eigenvalue weighted by atomic mass is 9.95. The van der Waals surface area contributed by atoms with Crippen molar-refractivity contribution in [2.24, 2.45) is 0 Å². The Labute approximate surface area is 147 Å². The Kier molecular flexibility index (Phi) is 6.71. The van der Waals surface area contributed by atoms with Crippen LogP contribution in [0.5, 0.6) is 0 Å². The molecule has 2 unspecified atom stereocenters. The van der Waals surface area contributed by atoms with E-state index in [1.807, 2.05) is 0 Å². The molecular weight excluding hydrogens is 376 g/mol. The molecule has 10 heteroatoms. The molecule has 0 aliphatic heterocycles. The third-order valence-electron chi connectivity index (χ3n) is 4.42. The highest BCUT2D eigenvalue weighted by Crippen LogP contribution is 2.43. The summed E-state index contributed by atoms with van der Waals surface area (Å²) in [5.74, 6) is -4.20. The summed E-state index contributed by atoms with van der Waals surface area (Å²) in [6.07, 6.45) is -1.17.